The predicted octanol–water partition coefficient (Wildman–Crippen LogP) is 4.21. The van der Waals surface area contributed by atoms with Crippen LogP contribution < -0.4 is 15.7 Å². The number of amides is 1. The first kappa shape index (κ1) is 30.3. The zero-order valence-electron chi connectivity index (χ0n) is 24.1. The maximum absolute atomic E-state index is 15.5. The third-order valence-corrected chi connectivity index (χ3v) is 7.94. The molecular weight excluding hydrogens is 541 g/mol. The Balaban J connectivity index is 1.85. The van der Waals surface area contributed by atoms with Crippen molar-refractivity contribution in [3.05, 3.63) is 63.3 Å². The van der Waals surface area contributed by atoms with Crippen molar-refractivity contribution in [3.63, 3.8) is 0 Å². The van der Waals surface area contributed by atoms with Gasteiger partial charge in [0.15, 0.2) is 0 Å². The van der Waals surface area contributed by atoms with Gasteiger partial charge in [0, 0.05) is 56.6 Å². The summed E-state index contributed by atoms with van der Waals surface area (Å²) in [6, 6.07) is 6.10. The van der Waals surface area contributed by atoms with Crippen LogP contribution in [-0.2, 0) is 28.1 Å². The minimum absolute atomic E-state index is 0.0941. The summed E-state index contributed by atoms with van der Waals surface area (Å²) in [6.45, 7) is 5.62. The number of hydrogen-bond donors (Lipinski definition) is 2. The molecule has 3 aromatic rings. The van der Waals surface area contributed by atoms with Gasteiger partial charge in [-0.05, 0) is 32.9 Å². The Bertz CT molecular complexity index is 1550. The normalized spacial score (nSPS) is 18.6. The molecule has 222 valence electrons. The van der Waals surface area contributed by atoms with Crippen molar-refractivity contribution in [1.29, 1.82) is 0 Å². The van der Waals surface area contributed by atoms with Crippen molar-refractivity contribution in [2.75, 3.05) is 32.6 Å². The lowest BCUT2D eigenvalue weighted by Crippen LogP contribution is -2.41. The van der Waals surface area contributed by atoms with E-state index in [1.807, 2.05) is 0 Å². The number of halogens is 3. The summed E-state index contributed by atoms with van der Waals surface area (Å²) in [4.78, 5) is 30.7. The Kier molecular flexibility index (Phi) is 7.87. The van der Waals surface area contributed by atoms with Gasteiger partial charge < -0.3 is 24.8 Å². The molecule has 1 fully saturated rings. The van der Waals surface area contributed by atoms with Gasteiger partial charge >= 0.3 is 11.6 Å². The largest absolute Gasteiger partial charge is 0.496 e. The van der Waals surface area contributed by atoms with Crippen LogP contribution in [0, 0.1) is 5.82 Å². The Hall–Kier alpha value is -3.64. The van der Waals surface area contributed by atoms with E-state index in [9.17, 15) is 23.5 Å². The fraction of sp³-hybridized carbons (Fsp3) is 0.483. The molecule has 12 heteroatoms. The molecule has 1 amide bonds. The number of benzene rings is 2. The van der Waals surface area contributed by atoms with E-state index < -0.39 is 40.2 Å². The van der Waals surface area contributed by atoms with Gasteiger partial charge in [0.05, 0.1) is 30.8 Å². The topological polar surface area (TPSA) is 106 Å². The first-order chi connectivity index (χ1) is 19.1. The monoisotopic (exact) mass is 576 g/mol. The van der Waals surface area contributed by atoms with E-state index >= 15 is 4.39 Å². The molecular formula is C29H35F3N4O5. The molecule has 0 radical (unpaired) electrons. The molecule has 9 nitrogen and oxygen atoms in total. The second kappa shape index (κ2) is 10.6. The SMILES string of the molecule is COc1cc2c(cc1C1(OC)CCN(C(C)=O)C1)c(N[C@H](C)c1cccc(C(F)(F)C(C)(C)O)c1F)nc(=O)n2C. The van der Waals surface area contributed by atoms with Crippen LogP contribution in [0.3, 0.4) is 0 Å². The van der Waals surface area contributed by atoms with Crippen molar-refractivity contribution < 1.29 is 32.5 Å². The lowest BCUT2D eigenvalue weighted by Gasteiger charge is -2.31. The van der Waals surface area contributed by atoms with Crippen LogP contribution in [0.2, 0.25) is 0 Å². The maximum Gasteiger partial charge on any atom is 0.349 e. The van der Waals surface area contributed by atoms with E-state index in [0.717, 1.165) is 19.9 Å². The highest BCUT2D eigenvalue weighted by molar-refractivity contribution is 5.91. The van der Waals surface area contributed by atoms with Crippen LogP contribution in [0.4, 0.5) is 19.0 Å². The van der Waals surface area contributed by atoms with Gasteiger partial charge in [0.1, 0.15) is 28.6 Å². The molecule has 1 aliphatic rings. The Morgan fingerprint density at radius 3 is 2.49 bits per heavy atom. The third-order valence-electron chi connectivity index (χ3n) is 7.94. The molecule has 2 heterocycles. The minimum Gasteiger partial charge on any atom is -0.496 e. The Labute approximate surface area is 235 Å². The van der Waals surface area contributed by atoms with Crippen LogP contribution in [-0.4, -0.2) is 58.4 Å². The van der Waals surface area contributed by atoms with Crippen molar-refractivity contribution >= 4 is 22.6 Å². The van der Waals surface area contributed by atoms with Gasteiger partial charge in [0.25, 0.3) is 0 Å². The molecule has 2 N–H and O–H groups in total. The summed E-state index contributed by atoms with van der Waals surface area (Å²) in [7, 11) is 4.59. The molecule has 1 aromatic heterocycles. The summed E-state index contributed by atoms with van der Waals surface area (Å²) in [5, 5.41) is 13.5. The Morgan fingerprint density at radius 2 is 1.93 bits per heavy atom. The van der Waals surface area contributed by atoms with Gasteiger partial charge in [-0.3, -0.25) is 9.36 Å². The number of methoxy groups -OCH3 is 2. The van der Waals surface area contributed by atoms with Crippen LogP contribution in [0.1, 0.15) is 56.8 Å². The van der Waals surface area contributed by atoms with Crippen LogP contribution >= 0.6 is 0 Å². The van der Waals surface area contributed by atoms with Crippen molar-refractivity contribution in [3.8, 4) is 5.75 Å². The number of aryl methyl sites for hydroxylation is 1. The molecule has 41 heavy (non-hydrogen) atoms. The number of hydrogen-bond acceptors (Lipinski definition) is 7. The molecule has 0 saturated carbocycles. The van der Waals surface area contributed by atoms with Crippen molar-refractivity contribution in [2.24, 2.45) is 7.05 Å². The molecule has 1 unspecified atom stereocenters. The summed E-state index contributed by atoms with van der Waals surface area (Å²) < 4.78 is 58.3. The molecule has 2 atom stereocenters. The van der Waals surface area contributed by atoms with Gasteiger partial charge in [-0.25, -0.2) is 9.18 Å². The summed E-state index contributed by atoms with van der Waals surface area (Å²) in [6.07, 6.45) is 0.497. The standard InChI is InChI=1S/C29H35F3N4O5/c1-16(18-9-8-10-20(24(18)30)29(31,32)27(3,4)39)33-25-19-13-21(28(41-7)11-12-36(15-28)17(2)37)23(40-6)14-22(19)35(5)26(38)34-25/h8-10,13-14,16,39H,11-12,15H2,1-7H3,(H,33,34,38)/t16-,28?/m1/s1. The highest BCUT2D eigenvalue weighted by Crippen LogP contribution is 2.44. The fourth-order valence-corrected chi connectivity index (χ4v) is 5.29. The number of fused-ring (bicyclic) bond motifs is 1. The summed E-state index contributed by atoms with van der Waals surface area (Å²) in [5.41, 5.74) is -3.96. The number of carbonyl (C=O) groups is 1. The lowest BCUT2D eigenvalue weighted by molar-refractivity contribution is -0.170. The smallest absolute Gasteiger partial charge is 0.349 e. The zero-order valence-corrected chi connectivity index (χ0v) is 24.1. The first-order valence-electron chi connectivity index (χ1n) is 13.1. The van der Waals surface area contributed by atoms with E-state index in [2.05, 4.69) is 10.3 Å². The quantitative estimate of drug-likeness (QED) is 0.414. The van der Waals surface area contributed by atoms with E-state index in [1.165, 1.54) is 30.7 Å². The Morgan fingerprint density at radius 1 is 1.24 bits per heavy atom. The van der Waals surface area contributed by atoms with E-state index in [1.54, 1.807) is 38.1 Å². The van der Waals surface area contributed by atoms with Gasteiger partial charge in [-0.2, -0.15) is 13.8 Å². The van der Waals surface area contributed by atoms with E-state index in [4.69, 9.17) is 9.47 Å². The number of likely N-dealkylation sites (tertiary alicyclic amines) is 1. The number of aliphatic hydroxyl groups is 1. The molecule has 4 rings (SSSR count). The number of carbonyl (C=O) groups excluding carboxylic acids is 1. The number of anilines is 1. The van der Waals surface area contributed by atoms with Gasteiger partial charge in [-0.15, -0.1) is 0 Å². The molecule has 0 spiro atoms. The first-order valence-corrected chi connectivity index (χ1v) is 13.1. The summed E-state index contributed by atoms with van der Waals surface area (Å²) >= 11 is 0. The highest BCUT2D eigenvalue weighted by Gasteiger charge is 2.49. The highest BCUT2D eigenvalue weighted by atomic mass is 19.3. The van der Waals surface area contributed by atoms with Gasteiger partial charge in [-0.1, -0.05) is 12.1 Å². The number of nitrogens with zero attached hydrogens (tertiary/aromatic N) is 3. The minimum atomic E-state index is -3.87. The zero-order chi connectivity index (χ0) is 30.5. The fourth-order valence-electron chi connectivity index (χ4n) is 5.29. The molecule has 2 aromatic carbocycles. The van der Waals surface area contributed by atoms with Crippen LogP contribution in [0.15, 0.2) is 35.1 Å². The third kappa shape index (κ3) is 5.14. The van der Waals surface area contributed by atoms with E-state index in [0.29, 0.717) is 35.2 Å². The molecule has 1 saturated heterocycles. The van der Waals surface area contributed by atoms with E-state index in [-0.39, 0.29) is 23.8 Å². The van der Waals surface area contributed by atoms with Crippen molar-refractivity contribution in [1.82, 2.24) is 14.5 Å². The number of alkyl halides is 2. The van der Waals surface area contributed by atoms with Crippen LogP contribution in [0.25, 0.3) is 10.9 Å². The van der Waals surface area contributed by atoms with Crippen LogP contribution in [0.5, 0.6) is 5.75 Å². The lowest BCUT2D eigenvalue weighted by atomic mass is 9.90. The average molecular weight is 577 g/mol. The second-order valence-electron chi connectivity index (χ2n) is 11.0. The number of nitrogens with one attached hydrogen (secondary N) is 1. The predicted molar refractivity (Wildman–Crippen MR) is 148 cm³/mol. The molecule has 1 aliphatic heterocycles. The molecule has 0 aliphatic carbocycles. The van der Waals surface area contributed by atoms with Gasteiger partial charge in [0.2, 0.25) is 5.91 Å². The summed E-state index contributed by atoms with van der Waals surface area (Å²) in [5.74, 6) is -4.59. The number of rotatable bonds is 8. The van der Waals surface area contributed by atoms with Crippen molar-refractivity contribution in [2.45, 2.75) is 57.3 Å². The average Bonchev–Trinajstić information content (AvgIpc) is 3.36. The number of aromatic nitrogens is 2. The second-order valence-corrected chi connectivity index (χ2v) is 11.0. The molecule has 0 bridgehead atoms. The maximum atomic E-state index is 15.5. The number of ether oxygens (including phenoxy) is 2.